The number of hydrogen-bond acceptors (Lipinski definition) is 4. The fourth-order valence-electron chi connectivity index (χ4n) is 2.73. The summed E-state index contributed by atoms with van der Waals surface area (Å²) < 4.78 is 0. The maximum atomic E-state index is 13.0. The molecule has 0 spiro atoms. The van der Waals surface area contributed by atoms with Crippen LogP contribution in [-0.2, 0) is 4.79 Å². The number of amides is 1. The molecule has 0 aliphatic carbocycles. The number of halogens is 3. The van der Waals surface area contributed by atoms with Gasteiger partial charge in [-0.3, -0.25) is 14.6 Å². The van der Waals surface area contributed by atoms with Gasteiger partial charge in [-0.1, -0.05) is 35.3 Å². The Labute approximate surface area is 174 Å². The molecule has 0 saturated heterocycles. The van der Waals surface area contributed by atoms with Crippen LogP contribution < -0.4 is 4.90 Å². The molecule has 0 N–H and O–H groups in total. The molecule has 2 aromatic carbocycles. The third-order valence-corrected chi connectivity index (χ3v) is 4.70. The fraction of sp³-hybridized carbons (Fsp3) is 0.211. The quantitative estimate of drug-likeness (QED) is 0.670. The van der Waals surface area contributed by atoms with Crippen LogP contribution in [0, 0.1) is 0 Å². The summed E-state index contributed by atoms with van der Waals surface area (Å²) in [5, 5.41) is 6.60. The molecule has 8 heteroatoms. The van der Waals surface area contributed by atoms with Crippen molar-refractivity contribution in [2.75, 3.05) is 25.0 Å². The number of nitrogens with zero attached hydrogens (tertiary/aromatic N) is 3. The van der Waals surface area contributed by atoms with Gasteiger partial charge in [-0.25, -0.2) is 0 Å². The fourth-order valence-corrected chi connectivity index (χ4v) is 3.12. The number of carbonyl (C=O) groups is 2. The normalized spacial score (nSPS) is 12.6. The zero-order valence-electron chi connectivity index (χ0n) is 14.6. The Kier molecular flexibility index (Phi) is 7.25. The van der Waals surface area contributed by atoms with Crippen LogP contribution in [0.1, 0.15) is 22.3 Å². The van der Waals surface area contributed by atoms with Crippen molar-refractivity contribution < 1.29 is 9.59 Å². The Morgan fingerprint density at radius 3 is 2.56 bits per heavy atom. The minimum absolute atomic E-state index is 0. The molecule has 1 aliphatic heterocycles. The van der Waals surface area contributed by atoms with Crippen LogP contribution in [0.2, 0.25) is 10.0 Å². The van der Waals surface area contributed by atoms with Crippen molar-refractivity contribution in [1.82, 2.24) is 5.01 Å². The van der Waals surface area contributed by atoms with E-state index in [1.165, 1.54) is 4.90 Å². The molecule has 0 fully saturated rings. The number of rotatable bonds is 5. The highest BCUT2D eigenvalue weighted by molar-refractivity contribution is 6.36. The molecule has 1 amide bonds. The molecular formula is C19H18Cl3N3O2. The first-order valence-electron chi connectivity index (χ1n) is 8.10. The van der Waals surface area contributed by atoms with Gasteiger partial charge in [0.25, 0.3) is 0 Å². The summed E-state index contributed by atoms with van der Waals surface area (Å²) in [6.45, 7) is 0.862. The molecule has 1 aliphatic rings. The van der Waals surface area contributed by atoms with Gasteiger partial charge in [0.15, 0.2) is 5.78 Å². The van der Waals surface area contributed by atoms with Crippen molar-refractivity contribution in [3.05, 3.63) is 63.6 Å². The van der Waals surface area contributed by atoms with E-state index in [2.05, 4.69) is 5.10 Å². The predicted octanol–water partition coefficient (Wildman–Crippen LogP) is 4.30. The van der Waals surface area contributed by atoms with E-state index in [1.807, 2.05) is 0 Å². The van der Waals surface area contributed by atoms with Crippen molar-refractivity contribution >= 4 is 59.2 Å². The lowest BCUT2D eigenvalue weighted by atomic mass is 10.0. The van der Waals surface area contributed by atoms with Crippen LogP contribution in [0.5, 0.6) is 0 Å². The average molecular weight is 427 g/mol. The Balaban J connectivity index is 0.00000261. The van der Waals surface area contributed by atoms with E-state index >= 15 is 0 Å². The monoisotopic (exact) mass is 425 g/mol. The molecule has 2 aromatic rings. The third kappa shape index (κ3) is 4.80. The smallest absolute Gasteiger partial charge is 0.248 e. The second-order valence-electron chi connectivity index (χ2n) is 5.90. The third-order valence-electron chi connectivity index (χ3n) is 4.14. The Morgan fingerprint density at radius 2 is 1.89 bits per heavy atom. The Hall–Kier alpha value is -2.08. The number of benzene rings is 2. The standard InChI is InChI=1S/C19H17Cl2N3O2.ClH/c1-23(18(25)12-24-10-4-9-22-24)17-8-7-13(20)11-15(17)19(26)14-5-2-3-6-16(14)21;/h2-3,5-9,11H,4,10,12H2,1H3;1H. The zero-order valence-corrected chi connectivity index (χ0v) is 16.9. The minimum Gasteiger partial charge on any atom is -0.313 e. The Morgan fingerprint density at radius 1 is 1.15 bits per heavy atom. The first kappa shape index (κ1) is 21.2. The van der Waals surface area contributed by atoms with Crippen molar-refractivity contribution in [3.8, 4) is 0 Å². The van der Waals surface area contributed by atoms with E-state index in [-0.39, 0.29) is 30.6 Å². The van der Waals surface area contributed by atoms with Gasteiger partial charge in [0.2, 0.25) is 5.91 Å². The van der Waals surface area contributed by atoms with Gasteiger partial charge in [0.05, 0.1) is 10.7 Å². The van der Waals surface area contributed by atoms with Crippen LogP contribution in [0.3, 0.4) is 0 Å². The van der Waals surface area contributed by atoms with Gasteiger partial charge >= 0.3 is 0 Å². The first-order chi connectivity index (χ1) is 12.5. The number of hydrazone groups is 1. The predicted molar refractivity (Wildman–Crippen MR) is 112 cm³/mol. The molecule has 0 bridgehead atoms. The van der Waals surface area contributed by atoms with Gasteiger partial charge in [0.1, 0.15) is 6.54 Å². The number of carbonyl (C=O) groups excluding carboxylic acids is 2. The summed E-state index contributed by atoms with van der Waals surface area (Å²) in [7, 11) is 1.63. The van der Waals surface area contributed by atoms with Crippen molar-refractivity contribution in [3.63, 3.8) is 0 Å². The summed E-state index contributed by atoms with van der Waals surface area (Å²) in [6.07, 6.45) is 2.61. The molecule has 0 atom stereocenters. The lowest BCUT2D eigenvalue weighted by Gasteiger charge is -2.23. The van der Waals surface area contributed by atoms with Crippen LogP contribution in [0.15, 0.2) is 47.6 Å². The maximum Gasteiger partial charge on any atom is 0.248 e. The molecule has 27 heavy (non-hydrogen) atoms. The molecule has 0 saturated carbocycles. The van der Waals surface area contributed by atoms with E-state index in [4.69, 9.17) is 23.2 Å². The van der Waals surface area contributed by atoms with Gasteiger partial charge in [-0.2, -0.15) is 5.10 Å². The Bertz CT molecular complexity index is 886. The molecule has 5 nitrogen and oxygen atoms in total. The largest absolute Gasteiger partial charge is 0.313 e. The summed E-state index contributed by atoms with van der Waals surface area (Å²) in [6, 6.07) is 11.7. The lowest BCUT2D eigenvalue weighted by molar-refractivity contribution is -0.119. The molecular weight excluding hydrogens is 409 g/mol. The number of likely N-dealkylation sites (N-methyl/N-ethyl adjacent to an activating group) is 1. The van der Waals surface area contributed by atoms with E-state index in [0.717, 1.165) is 6.42 Å². The van der Waals surface area contributed by atoms with Crippen LogP contribution in [-0.4, -0.2) is 43.1 Å². The minimum atomic E-state index is -0.285. The van der Waals surface area contributed by atoms with Gasteiger partial charge in [-0.15, -0.1) is 12.4 Å². The molecule has 0 unspecified atom stereocenters. The van der Waals surface area contributed by atoms with Gasteiger partial charge < -0.3 is 4.90 Å². The molecule has 0 radical (unpaired) electrons. The first-order valence-corrected chi connectivity index (χ1v) is 8.85. The highest BCUT2D eigenvalue weighted by Gasteiger charge is 2.23. The SMILES string of the molecule is CN(C(=O)CN1CCC=N1)c1ccc(Cl)cc1C(=O)c1ccccc1Cl.Cl. The highest BCUT2D eigenvalue weighted by Crippen LogP contribution is 2.28. The van der Waals surface area contributed by atoms with Crippen LogP contribution in [0.4, 0.5) is 5.69 Å². The van der Waals surface area contributed by atoms with Gasteiger partial charge in [0, 0.05) is 42.4 Å². The molecule has 142 valence electrons. The van der Waals surface area contributed by atoms with Crippen LogP contribution >= 0.6 is 35.6 Å². The highest BCUT2D eigenvalue weighted by atomic mass is 35.5. The van der Waals surface area contributed by atoms with Crippen molar-refractivity contribution in [1.29, 1.82) is 0 Å². The number of ketones is 1. The topological polar surface area (TPSA) is 53.0 Å². The molecule has 1 heterocycles. The summed E-state index contributed by atoms with van der Waals surface area (Å²) in [5.41, 5.74) is 1.17. The maximum absolute atomic E-state index is 13.0. The summed E-state index contributed by atoms with van der Waals surface area (Å²) >= 11 is 12.3. The average Bonchev–Trinajstić information content (AvgIpc) is 3.14. The van der Waals surface area contributed by atoms with E-state index < -0.39 is 0 Å². The van der Waals surface area contributed by atoms with E-state index in [1.54, 1.807) is 60.7 Å². The number of hydrogen-bond donors (Lipinski definition) is 0. The van der Waals surface area contributed by atoms with Gasteiger partial charge in [-0.05, 0) is 30.3 Å². The molecule has 3 rings (SSSR count). The van der Waals surface area contributed by atoms with Crippen molar-refractivity contribution in [2.24, 2.45) is 5.10 Å². The van der Waals surface area contributed by atoms with Crippen LogP contribution in [0.25, 0.3) is 0 Å². The molecule has 0 aromatic heterocycles. The number of anilines is 1. The summed E-state index contributed by atoms with van der Waals surface area (Å²) in [5.74, 6) is -0.452. The zero-order chi connectivity index (χ0) is 18.7. The van der Waals surface area contributed by atoms with E-state index in [0.29, 0.717) is 33.4 Å². The second kappa shape index (κ2) is 9.22. The lowest BCUT2D eigenvalue weighted by Crippen LogP contribution is -2.36. The summed E-state index contributed by atoms with van der Waals surface area (Å²) in [4.78, 5) is 27.1. The second-order valence-corrected chi connectivity index (χ2v) is 6.74. The van der Waals surface area contributed by atoms with Crippen molar-refractivity contribution in [2.45, 2.75) is 6.42 Å². The van der Waals surface area contributed by atoms with E-state index in [9.17, 15) is 9.59 Å².